The van der Waals surface area contributed by atoms with Crippen LogP contribution in [-0.2, 0) is 15.0 Å². The van der Waals surface area contributed by atoms with Crippen LogP contribution in [0.1, 0.15) is 0 Å². The fraction of sp³-hybridized carbons (Fsp3) is 0. The average molecular weight is 270 g/mol. The van der Waals surface area contributed by atoms with Crippen molar-refractivity contribution in [3.63, 3.8) is 0 Å². The first kappa shape index (κ1) is 16.7. The molecule has 48 valence electrons. The van der Waals surface area contributed by atoms with Gasteiger partial charge in [-0.05, 0) is 0 Å². The molecular formula is HAs2NaO6. The van der Waals surface area contributed by atoms with Crippen LogP contribution in [0.5, 0.6) is 0 Å². The Morgan fingerprint density at radius 1 is 1.11 bits per heavy atom. The number of hydrogen-bond acceptors (Lipinski definition) is 5. The zero-order chi connectivity index (χ0) is 7.15. The van der Waals surface area contributed by atoms with Crippen LogP contribution >= 0.6 is 0 Å². The molecule has 9 heteroatoms. The van der Waals surface area contributed by atoms with E-state index < -0.39 is 29.7 Å². The molecule has 0 aliphatic carbocycles. The van der Waals surface area contributed by atoms with E-state index in [2.05, 4.69) is 0 Å². The predicted octanol–water partition coefficient (Wildman–Crippen LogP) is -5.98. The minimum Gasteiger partial charge on any atom is 1.00 e. The Hall–Kier alpha value is 1.24. The van der Waals surface area contributed by atoms with Crippen LogP contribution in [0, 0.1) is 0 Å². The van der Waals surface area contributed by atoms with E-state index in [0.29, 0.717) is 0 Å². The number of hydrogen-bond donors (Lipinski definition) is 1. The SMILES string of the molecule is O=[As](=O)O.O=[As](=O)[O-].[Na+]. The van der Waals surface area contributed by atoms with Crippen molar-refractivity contribution in [2.24, 2.45) is 0 Å². The van der Waals surface area contributed by atoms with Gasteiger partial charge in [-0.3, -0.25) is 0 Å². The van der Waals surface area contributed by atoms with Gasteiger partial charge in [0.05, 0.1) is 0 Å². The summed E-state index contributed by atoms with van der Waals surface area (Å²) in [6, 6.07) is 0. The first-order valence-electron chi connectivity index (χ1n) is 1.11. The molecular weight excluding hydrogens is 269 g/mol. The summed E-state index contributed by atoms with van der Waals surface area (Å²) in [6.07, 6.45) is 0. The van der Waals surface area contributed by atoms with Gasteiger partial charge in [0.2, 0.25) is 0 Å². The van der Waals surface area contributed by atoms with Gasteiger partial charge in [-0.15, -0.1) is 0 Å². The van der Waals surface area contributed by atoms with E-state index in [4.69, 9.17) is 23.1 Å². The molecule has 0 aliphatic rings. The molecule has 9 heavy (non-hydrogen) atoms. The van der Waals surface area contributed by atoms with Crippen LogP contribution in [0.2, 0.25) is 0 Å². The summed E-state index contributed by atoms with van der Waals surface area (Å²) in [7, 11) is 0. The molecule has 0 rings (SSSR count). The van der Waals surface area contributed by atoms with Crippen molar-refractivity contribution in [2.45, 2.75) is 0 Å². The summed E-state index contributed by atoms with van der Waals surface area (Å²) >= 11 is -7.62. The van der Waals surface area contributed by atoms with Gasteiger partial charge in [0.1, 0.15) is 0 Å². The average Bonchev–Trinajstić information content (AvgIpc) is 1.25. The van der Waals surface area contributed by atoms with Crippen molar-refractivity contribution < 1.29 is 52.7 Å². The van der Waals surface area contributed by atoms with Crippen LogP contribution in [-0.4, -0.2) is 33.8 Å². The minimum absolute atomic E-state index is 0. The fourth-order valence-electron chi connectivity index (χ4n) is 0. The molecule has 0 saturated carbocycles. The molecule has 0 aromatic rings. The second kappa shape index (κ2) is 12.0. The van der Waals surface area contributed by atoms with Gasteiger partial charge in [0.25, 0.3) is 0 Å². The third kappa shape index (κ3) is 316. The van der Waals surface area contributed by atoms with Gasteiger partial charge < -0.3 is 0 Å². The summed E-state index contributed by atoms with van der Waals surface area (Å²) in [5.74, 6) is 0. The van der Waals surface area contributed by atoms with Gasteiger partial charge >= 0.3 is 82.4 Å². The van der Waals surface area contributed by atoms with Gasteiger partial charge in [0.15, 0.2) is 0 Å². The largest absolute Gasteiger partial charge is 1.00 e. The Morgan fingerprint density at radius 3 is 1.11 bits per heavy atom. The zero-order valence-corrected chi connectivity index (χ0v) is 10.1. The summed E-state index contributed by atoms with van der Waals surface area (Å²) in [6.45, 7) is 0. The second-order valence-corrected chi connectivity index (χ2v) is 2.40. The molecule has 0 aliphatic heterocycles. The van der Waals surface area contributed by atoms with Crippen LogP contribution in [0.3, 0.4) is 0 Å². The molecule has 6 nitrogen and oxygen atoms in total. The topological polar surface area (TPSA) is 112 Å². The van der Waals surface area contributed by atoms with Crippen LogP contribution in [0.15, 0.2) is 0 Å². The molecule has 0 aromatic heterocycles. The smallest absolute Gasteiger partial charge is 1.00 e. The molecule has 0 atom stereocenters. The summed E-state index contributed by atoms with van der Waals surface area (Å²) in [5, 5.41) is 0. The van der Waals surface area contributed by atoms with E-state index in [-0.39, 0.29) is 29.6 Å². The maximum absolute atomic E-state index is 8.67. The van der Waals surface area contributed by atoms with Crippen LogP contribution in [0.4, 0.5) is 0 Å². The monoisotopic (exact) mass is 270 g/mol. The normalized spacial score (nSPS) is 5.56. The van der Waals surface area contributed by atoms with Gasteiger partial charge in [-0.25, -0.2) is 0 Å². The first-order chi connectivity index (χ1) is 3.46. The Balaban J connectivity index is -0.0000000720. The standard InChI is InChI=1S/2AsHO3.Na/c2*2-1(3)4;/h2*(H,2,3,4);/q;;+1/p-1. The molecule has 0 bridgehead atoms. The predicted molar refractivity (Wildman–Crippen MR) is 16.5 cm³/mol. The summed E-state index contributed by atoms with van der Waals surface area (Å²) < 4.78 is 50.1. The maximum Gasteiger partial charge on any atom is 1.00 e. The Bertz CT molecular complexity index is 128. The van der Waals surface area contributed by atoms with Crippen LogP contribution in [0.25, 0.3) is 0 Å². The molecule has 0 aromatic carbocycles. The van der Waals surface area contributed by atoms with Crippen molar-refractivity contribution in [1.82, 2.24) is 0 Å². The minimum atomic E-state index is -3.94. The van der Waals surface area contributed by atoms with E-state index in [0.717, 1.165) is 0 Å². The van der Waals surface area contributed by atoms with Gasteiger partial charge in [-0.1, -0.05) is 0 Å². The molecule has 0 saturated heterocycles. The molecule has 0 radical (unpaired) electrons. The summed E-state index contributed by atoms with van der Waals surface area (Å²) in [5.41, 5.74) is 0. The molecule has 1 N–H and O–H groups in total. The number of rotatable bonds is 0. The third-order valence-electron chi connectivity index (χ3n) is 0. The first-order valence-corrected chi connectivity index (χ1v) is 5.78. The quantitative estimate of drug-likeness (QED) is 0.438. The van der Waals surface area contributed by atoms with E-state index in [1.54, 1.807) is 0 Å². The molecule has 0 heterocycles. The Kier molecular flexibility index (Phi) is 22.2. The summed E-state index contributed by atoms with van der Waals surface area (Å²) in [4.78, 5) is 0. The van der Waals surface area contributed by atoms with E-state index in [1.807, 2.05) is 0 Å². The van der Waals surface area contributed by atoms with E-state index in [9.17, 15) is 0 Å². The van der Waals surface area contributed by atoms with E-state index in [1.165, 1.54) is 0 Å². The molecule has 0 fully saturated rings. The van der Waals surface area contributed by atoms with E-state index >= 15 is 0 Å². The Labute approximate surface area is 81.7 Å². The molecule has 0 spiro atoms. The molecule has 0 unspecified atom stereocenters. The van der Waals surface area contributed by atoms with Gasteiger partial charge in [0, 0.05) is 0 Å². The third-order valence-corrected chi connectivity index (χ3v) is 0. The van der Waals surface area contributed by atoms with Gasteiger partial charge in [-0.2, -0.15) is 0 Å². The fourth-order valence-corrected chi connectivity index (χ4v) is 0. The van der Waals surface area contributed by atoms with Crippen molar-refractivity contribution in [1.29, 1.82) is 0 Å². The van der Waals surface area contributed by atoms with Crippen molar-refractivity contribution >= 4 is 29.7 Å². The Morgan fingerprint density at radius 2 is 1.11 bits per heavy atom. The molecule has 0 amide bonds. The van der Waals surface area contributed by atoms with Crippen molar-refractivity contribution in [3.05, 3.63) is 0 Å². The second-order valence-electron chi connectivity index (χ2n) is 0.461. The van der Waals surface area contributed by atoms with Crippen molar-refractivity contribution in [3.8, 4) is 0 Å². The maximum atomic E-state index is 8.67. The van der Waals surface area contributed by atoms with Crippen molar-refractivity contribution in [2.75, 3.05) is 0 Å². The van der Waals surface area contributed by atoms with Crippen LogP contribution < -0.4 is 33.7 Å². The zero-order valence-electron chi connectivity index (χ0n) is 4.38.